The smallest absolute Gasteiger partial charge is 0.180 e. The van der Waals surface area contributed by atoms with Crippen molar-refractivity contribution in [1.29, 1.82) is 0 Å². The van der Waals surface area contributed by atoms with Crippen molar-refractivity contribution in [2.24, 2.45) is 5.92 Å². The number of piperidine rings is 1. The summed E-state index contributed by atoms with van der Waals surface area (Å²) in [7, 11) is 0. The first-order valence-electron chi connectivity index (χ1n) is 4.70. The molecule has 0 spiro atoms. The van der Waals surface area contributed by atoms with Gasteiger partial charge in [-0.25, -0.2) is 4.39 Å². The van der Waals surface area contributed by atoms with Crippen molar-refractivity contribution in [3.05, 3.63) is 0 Å². The van der Waals surface area contributed by atoms with Crippen molar-refractivity contribution < 1.29 is 9.13 Å². The van der Waals surface area contributed by atoms with Gasteiger partial charge in [-0.15, -0.1) is 0 Å². The molecule has 0 unspecified atom stereocenters. The summed E-state index contributed by atoms with van der Waals surface area (Å²) in [5.74, 6) is 0.574. The molecule has 0 aromatic carbocycles. The van der Waals surface area contributed by atoms with Gasteiger partial charge in [0.25, 0.3) is 0 Å². The van der Waals surface area contributed by atoms with Crippen LogP contribution in [0.1, 0.15) is 20.3 Å². The van der Waals surface area contributed by atoms with Gasteiger partial charge in [-0.3, -0.25) is 4.90 Å². The van der Waals surface area contributed by atoms with Crippen molar-refractivity contribution >= 4 is 0 Å². The minimum absolute atomic E-state index is 0.147. The van der Waals surface area contributed by atoms with E-state index < -0.39 is 6.30 Å². The zero-order valence-corrected chi connectivity index (χ0v) is 7.66. The second-order valence-corrected chi connectivity index (χ2v) is 4.14. The summed E-state index contributed by atoms with van der Waals surface area (Å²) in [4.78, 5) is 1.91. The minimum Gasteiger partial charge on any atom is -0.373 e. The summed E-state index contributed by atoms with van der Waals surface area (Å²) in [5, 5.41) is 0. The molecule has 3 heteroatoms. The molecule has 0 N–H and O–H groups in total. The molecular weight excluding hydrogens is 157 g/mol. The predicted octanol–water partition coefficient (Wildman–Crippen LogP) is 1.41. The van der Waals surface area contributed by atoms with Gasteiger partial charge in [0, 0.05) is 12.6 Å². The van der Waals surface area contributed by atoms with E-state index in [1.54, 1.807) is 0 Å². The van der Waals surface area contributed by atoms with E-state index in [0.717, 1.165) is 19.6 Å². The molecule has 2 bridgehead atoms. The van der Waals surface area contributed by atoms with Crippen LogP contribution in [0.2, 0.25) is 0 Å². The van der Waals surface area contributed by atoms with Gasteiger partial charge in [0.2, 0.25) is 0 Å². The second-order valence-electron chi connectivity index (χ2n) is 4.14. The average molecular weight is 173 g/mol. The van der Waals surface area contributed by atoms with Gasteiger partial charge in [-0.2, -0.15) is 0 Å². The maximum atomic E-state index is 13.6. The first-order chi connectivity index (χ1) is 5.68. The number of alkyl halides is 1. The quantitative estimate of drug-likeness (QED) is 0.556. The van der Waals surface area contributed by atoms with Crippen LogP contribution in [0.5, 0.6) is 0 Å². The van der Waals surface area contributed by atoms with Crippen LogP contribution in [0.4, 0.5) is 4.39 Å². The fraction of sp³-hybridized carbons (Fsp3) is 1.00. The number of likely N-dealkylation sites (tertiary alicyclic amines) is 1. The summed E-state index contributed by atoms with van der Waals surface area (Å²) in [5.41, 5.74) is 0. The molecule has 2 rings (SSSR count). The largest absolute Gasteiger partial charge is 0.373 e. The maximum Gasteiger partial charge on any atom is 0.180 e. The Hall–Kier alpha value is -0.150. The molecule has 2 heterocycles. The van der Waals surface area contributed by atoms with Crippen molar-refractivity contribution in [1.82, 2.24) is 4.90 Å². The zero-order chi connectivity index (χ0) is 8.72. The molecule has 70 valence electrons. The third-order valence-corrected chi connectivity index (χ3v) is 2.87. The summed E-state index contributed by atoms with van der Waals surface area (Å²) in [6.07, 6.45) is -0.0976. The highest BCUT2D eigenvalue weighted by Crippen LogP contribution is 2.32. The van der Waals surface area contributed by atoms with Crippen LogP contribution >= 0.6 is 0 Å². The molecule has 0 aromatic rings. The molecule has 0 aliphatic carbocycles. The van der Waals surface area contributed by atoms with Gasteiger partial charge in [0.05, 0.1) is 6.61 Å². The number of ether oxygens (including phenoxy) is 1. The van der Waals surface area contributed by atoms with Gasteiger partial charge >= 0.3 is 0 Å². The fourth-order valence-electron chi connectivity index (χ4n) is 2.15. The molecule has 2 aliphatic rings. The highest BCUT2D eigenvalue weighted by molar-refractivity contribution is 4.89. The Kier molecular flexibility index (Phi) is 2.09. The SMILES string of the molecule is CC(C)N1C[C@@H]2CO[C@@H](C2)[C@H]1F. The van der Waals surface area contributed by atoms with E-state index >= 15 is 0 Å². The molecule has 12 heavy (non-hydrogen) atoms. The number of rotatable bonds is 1. The van der Waals surface area contributed by atoms with Crippen LogP contribution in [-0.2, 0) is 4.74 Å². The van der Waals surface area contributed by atoms with Gasteiger partial charge in [0.1, 0.15) is 6.10 Å². The van der Waals surface area contributed by atoms with E-state index in [1.807, 2.05) is 18.7 Å². The molecule has 3 atom stereocenters. The highest BCUT2D eigenvalue weighted by atomic mass is 19.1. The Labute approximate surface area is 72.7 Å². The zero-order valence-electron chi connectivity index (χ0n) is 7.66. The van der Waals surface area contributed by atoms with E-state index in [2.05, 4.69) is 0 Å². The maximum absolute atomic E-state index is 13.6. The lowest BCUT2D eigenvalue weighted by molar-refractivity contribution is -0.0547. The first-order valence-corrected chi connectivity index (χ1v) is 4.70. The van der Waals surface area contributed by atoms with E-state index in [9.17, 15) is 4.39 Å². The van der Waals surface area contributed by atoms with Crippen LogP contribution < -0.4 is 0 Å². The number of nitrogens with zero attached hydrogens (tertiary/aromatic N) is 1. The van der Waals surface area contributed by atoms with Crippen molar-refractivity contribution in [3.8, 4) is 0 Å². The minimum atomic E-state index is -0.872. The first kappa shape index (κ1) is 8.45. The molecule has 2 nitrogen and oxygen atoms in total. The van der Waals surface area contributed by atoms with Gasteiger partial charge in [-0.05, 0) is 26.2 Å². The second kappa shape index (κ2) is 2.96. The van der Waals surface area contributed by atoms with Gasteiger partial charge < -0.3 is 4.74 Å². The third-order valence-electron chi connectivity index (χ3n) is 2.87. The van der Waals surface area contributed by atoms with Gasteiger partial charge in [0.15, 0.2) is 6.30 Å². The van der Waals surface area contributed by atoms with Crippen molar-refractivity contribution in [2.75, 3.05) is 13.2 Å². The molecule has 2 fully saturated rings. The van der Waals surface area contributed by atoms with E-state index in [-0.39, 0.29) is 6.10 Å². The van der Waals surface area contributed by atoms with Crippen LogP contribution in [0.25, 0.3) is 0 Å². The van der Waals surface area contributed by atoms with Crippen LogP contribution in [-0.4, -0.2) is 36.5 Å². The van der Waals surface area contributed by atoms with Crippen molar-refractivity contribution in [2.45, 2.75) is 38.7 Å². The topological polar surface area (TPSA) is 12.5 Å². The lowest BCUT2D eigenvalue weighted by atomic mass is 9.98. The number of halogens is 1. The van der Waals surface area contributed by atoms with Crippen molar-refractivity contribution in [3.63, 3.8) is 0 Å². The van der Waals surface area contributed by atoms with Crippen LogP contribution in [0.15, 0.2) is 0 Å². The van der Waals surface area contributed by atoms with Crippen LogP contribution in [0.3, 0.4) is 0 Å². The number of fused-ring (bicyclic) bond motifs is 2. The Bertz CT molecular complexity index is 174. The monoisotopic (exact) mass is 173 g/mol. The van der Waals surface area contributed by atoms with Crippen LogP contribution in [0, 0.1) is 5.92 Å². The van der Waals surface area contributed by atoms with Gasteiger partial charge in [-0.1, -0.05) is 0 Å². The third kappa shape index (κ3) is 1.25. The lowest BCUT2D eigenvalue weighted by Crippen LogP contribution is -2.49. The highest BCUT2D eigenvalue weighted by Gasteiger charge is 2.42. The van der Waals surface area contributed by atoms with E-state index in [0.29, 0.717) is 12.0 Å². The lowest BCUT2D eigenvalue weighted by Gasteiger charge is -2.36. The fourth-order valence-corrected chi connectivity index (χ4v) is 2.15. The summed E-state index contributed by atoms with van der Waals surface area (Å²) < 4.78 is 18.9. The normalized spacial score (nSPS) is 42.5. The summed E-state index contributed by atoms with van der Waals surface area (Å²) in [6, 6.07) is 0.298. The molecule has 2 aliphatic heterocycles. The van der Waals surface area contributed by atoms with E-state index in [4.69, 9.17) is 4.74 Å². The standard InChI is InChI=1S/C9H16FNO/c1-6(2)11-4-7-3-8(9(11)10)12-5-7/h6-9H,3-5H2,1-2H3/t7-,8+,9+/m1/s1. The Morgan fingerprint density at radius 1 is 1.50 bits per heavy atom. The Morgan fingerprint density at radius 3 is 2.92 bits per heavy atom. The summed E-state index contributed by atoms with van der Waals surface area (Å²) in [6.45, 7) is 5.71. The molecule has 2 saturated heterocycles. The Balaban J connectivity index is 2.07. The van der Waals surface area contributed by atoms with E-state index in [1.165, 1.54) is 0 Å². The molecular formula is C9H16FNO. The average Bonchev–Trinajstić information content (AvgIpc) is 2.41. The molecule has 0 amide bonds. The Morgan fingerprint density at radius 2 is 2.25 bits per heavy atom. The number of hydrogen-bond acceptors (Lipinski definition) is 2. The molecule has 0 radical (unpaired) electrons. The summed E-state index contributed by atoms with van der Waals surface area (Å²) >= 11 is 0. The molecule has 0 aromatic heterocycles. The number of hydrogen-bond donors (Lipinski definition) is 0. The predicted molar refractivity (Wildman–Crippen MR) is 44.6 cm³/mol. The molecule has 0 saturated carbocycles.